The molecule has 2 nitrogen and oxygen atoms in total. The molecule has 0 aromatic heterocycles. The van der Waals surface area contributed by atoms with E-state index >= 15 is 0 Å². The van der Waals surface area contributed by atoms with E-state index in [0.29, 0.717) is 17.4 Å². The van der Waals surface area contributed by atoms with Crippen molar-refractivity contribution in [3.63, 3.8) is 0 Å². The minimum absolute atomic E-state index is 0.0630. The number of hydrogen-bond acceptors (Lipinski definition) is 2. The number of allylic oxidation sites excluding steroid dienone is 4. The van der Waals surface area contributed by atoms with Crippen LogP contribution < -0.4 is 0 Å². The van der Waals surface area contributed by atoms with E-state index in [1.165, 1.54) is 62.8 Å². The molecule has 156 valence electrons. The monoisotopic (exact) mass is 375 g/mol. The molecule has 1 aliphatic heterocycles. The van der Waals surface area contributed by atoms with Crippen molar-refractivity contribution >= 4 is 0 Å². The van der Waals surface area contributed by atoms with Gasteiger partial charge in [0.1, 0.15) is 0 Å². The van der Waals surface area contributed by atoms with Crippen LogP contribution in [0.2, 0.25) is 0 Å². The Kier molecular flexibility index (Phi) is 7.78. The fourth-order valence-corrected chi connectivity index (χ4v) is 5.71. The summed E-state index contributed by atoms with van der Waals surface area (Å²) < 4.78 is 0. The maximum atomic E-state index is 10.5. The molecule has 1 saturated heterocycles. The Labute approximate surface area is 169 Å². The number of nitrogens with zero attached hydrogens (tertiary/aromatic N) is 1. The molecule has 1 aliphatic carbocycles. The van der Waals surface area contributed by atoms with Gasteiger partial charge in [0, 0.05) is 12.6 Å². The summed E-state index contributed by atoms with van der Waals surface area (Å²) in [5.74, 6) is 0.648. The van der Waals surface area contributed by atoms with Crippen molar-refractivity contribution in [2.24, 2.45) is 16.7 Å². The van der Waals surface area contributed by atoms with E-state index in [9.17, 15) is 5.11 Å². The molecule has 0 aromatic carbocycles. The molecule has 1 N–H and O–H groups in total. The summed E-state index contributed by atoms with van der Waals surface area (Å²) in [7, 11) is 0. The van der Waals surface area contributed by atoms with Crippen LogP contribution in [0.1, 0.15) is 93.4 Å². The molecule has 0 bridgehead atoms. The smallest absolute Gasteiger partial charge is 0.0594 e. The average Bonchev–Trinajstić information content (AvgIpc) is 2.57. The summed E-state index contributed by atoms with van der Waals surface area (Å²) in [6, 6.07) is 0.652. The van der Waals surface area contributed by atoms with E-state index in [2.05, 4.69) is 65.5 Å². The van der Waals surface area contributed by atoms with E-state index in [1.54, 1.807) is 0 Å². The highest BCUT2D eigenvalue weighted by molar-refractivity contribution is 5.05. The van der Waals surface area contributed by atoms with E-state index in [0.717, 1.165) is 6.42 Å². The van der Waals surface area contributed by atoms with Crippen molar-refractivity contribution in [1.29, 1.82) is 0 Å². The molecule has 0 radical (unpaired) electrons. The number of aliphatic hydroxyl groups is 1. The maximum Gasteiger partial charge on any atom is 0.0594 e. The third-order valence-electron chi connectivity index (χ3n) is 7.65. The molecule has 1 unspecified atom stereocenters. The van der Waals surface area contributed by atoms with Gasteiger partial charge in [-0.2, -0.15) is 0 Å². The van der Waals surface area contributed by atoms with Crippen molar-refractivity contribution < 1.29 is 5.11 Å². The van der Waals surface area contributed by atoms with Crippen molar-refractivity contribution in [2.75, 3.05) is 13.1 Å². The second-order valence-electron chi connectivity index (χ2n) is 10.6. The minimum atomic E-state index is -0.126. The second kappa shape index (κ2) is 9.27. The first-order valence-corrected chi connectivity index (χ1v) is 11.3. The van der Waals surface area contributed by atoms with Crippen LogP contribution in [-0.4, -0.2) is 35.2 Å². The predicted octanol–water partition coefficient (Wildman–Crippen LogP) is 6.36. The van der Waals surface area contributed by atoms with Crippen molar-refractivity contribution in [3.8, 4) is 0 Å². The van der Waals surface area contributed by atoms with E-state index in [-0.39, 0.29) is 11.5 Å². The second-order valence-corrected chi connectivity index (χ2v) is 10.6. The molecule has 0 aromatic rings. The highest BCUT2D eigenvalue weighted by atomic mass is 16.3. The van der Waals surface area contributed by atoms with Crippen LogP contribution in [0.5, 0.6) is 0 Å². The normalized spacial score (nSPS) is 32.7. The standard InChI is InChI=1S/C25H45NO/c1-19(2)10-8-11-20(3)12-9-13-21(4)26-17-15-22-24(5,6)23(27)14-16-25(22,7)18-26/h10,12,21-23,27H,8-9,11,13-18H2,1-7H3/b20-12-/t21?,22-,23-,25+/m0/s1. The third-order valence-corrected chi connectivity index (χ3v) is 7.65. The number of hydrogen-bond donors (Lipinski definition) is 1. The summed E-state index contributed by atoms with van der Waals surface area (Å²) in [4.78, 5) is 2.73. The third kappa shape index (κ3) is 5.70. The number of likely N-dealkylation sites (tertiary alicyclic amines) is 1. The van der Waals surface area contributed by atoms with Crippen molar-refractivity contribution in [2.45, 2.75) is 106 Å². The fourth-order valence-electron chi connectivity index (χ4n) is 5.71. The minimum Gasteiger partial charge on any atom is -0.393 e. The predicted molar refractivity (Wildman–Crippen MR) is 118 cm³/mol. The van der Waals surface area contributed by atoms with Gasteiger partial charge in [0.05, 0.1) is 6.10 Å². The van der Waals surface area contributed by atoms with Gasteiger partial charge in [0.25, 0.3) is 0 Å². The van der Waals surface area contributed by atoms with Crippen LogP contribution >= 0.6 is 0 Å². The van der Waals surface area contributed by atoms with Gasteiger partial charge in [-0.1, -0.05) is 44.1 Å². The summed E-state index contributed by atoms with van der Waals surface area (Å²) >= 11 is 0. The fraction of sp³-hybridized carbons (Fsp3) is 0.840. The summed E-state index contributed by atoms with van der Waals surface area (Å²) in [6.07, 6.45) is 12.9. The zero-order chi connectivity index (χ0) is 20.2. The van der Waals surface area contributed by atoms with Crippen LogP contribution in [0.15, 0.2) is 23.3 Å². The highest BCUT2D eigenvalue weighted by Gasteiger charge is 2.53. The van der Waals surface area contributed by atoms with Crippen LogP contribution in [-0.2, 0) is 0 Å². The lowest BCUT2D eigenvalue weighted by Crippen LogP contribution is -2.59. The molecule has 2 aliphatic rings. The van der Waals surface area contributed by atoms with Gasteiger partial charge in [0.2, 0.25) is 0 Å². The Morgan fingerprint density at radius 2 is 1.81 bits per heavy atom. The SMILES string of the molecule is CC(C)=CCC/C(C)=C\CCC(C)N1CC[C@H]2C(C)(C)[C@@H](O)CC[C@]2(C)C1. The molecule has 4 atom stereocenters. The Morgan fingerprint density at radius 3 is 2.48 bits per heavy atom. The summed E-state index contributed by atoms with van der Waals surface area (Å²) in [5.41, 5.74) is 3.39. The topological polar surface area (TPSA) is 23.5 Å². The van der Waals surface area contributed by atoms with Crippen molar-refractivity contribution in [1.82, 2.24) is 4.90 Å². The van der Waals surface area contributed by atoms with Crippen molar-refractivity contribution in [3.05, 3.63) is 23.3 Å². The number of piperidine rings is 1. The molecule has 0 spiro atoms. The van der Waals surface area contributed by atoms with Crippen LogP contribution in [0.25, 0.3) is 0 Å². The first-order valence-electron chi connectivity index (χ1n) is 11.3. The van der Waals surface area contributed by atoms with Crippen LogP contribution in [0.3, 0.4) is 0 Å². The lowest BCUT2D eigenvalue weighted by molar-refractivity contribution is -0.131. The van der Waals surface area contributed by atoms with Gasteiger partial charge in [-0.05, 0) is 95.9 Å². The number of aliphatic hydroxyl groups excluding tert-OH is 1. The van der Waals surface area contributed by atoms with Crippen LogP contribution in [0, 0.1) is 16.7 Å². The van der Waals surface area contributed by atoms with E-state index < -0.39 is 0 Å². The Hall–Kier alpha value is -0.600. The molecular formula is C25H45NO. The molecular weight excluding hydrogens is 330 g/mol. The maximum absolute atomic E-state index is 10.5. The van der Waals surface area contributed by atoms with Gasteiger partial charge in [0.15, 0.2) is 0 Å². The summed E-state index contributed by atoms with van der Waals surface area (Å²) in [5, 5.41) is 10.5. The van der Waals surface area contributed by atoms with Gasteiger partial charge < -0.3 is 10.0 Å². The van der Waals surface area contributed by atoms with E-state index in [1.807, 2.05) is 0 Å². The first kappa shape index (κ1) is 22.7. The van der Waals surface area contributed by atoms with Crippen LogP contribution in [0.4, 0.5) is 0 Å². The molecule has 0 amide bonds. The zero-order valence-corrected chi connectivity index (χ0v) is 19.1. The average molecular weight is 376 g/mol. The lowest BCUT2D eigenvalue weighted by atomic mass is 9.53. The highest BCUT2D eigenvalue weighted by Crippen LogP contribution is 2.54. The number of fused-ring (bicyclic) bond motifs is 1. The first-order chi connectivity index (χ1) is 12.6. The Bertz CT molecular complexity index is 543. The van der Waals surface area contributed by atoms with Gasteiger partial charge >= 0.3 is 0 Å². The Balaban J connectivity index is 1.85. The van der Waals surface area contributed by atoms with Gasteiger partial charge in [-0.3, -0.25) is 0 Å². The van der Waals surface area contributed by atoms with E-state index in [4.69, 9.17) is 0 Å². The quantitative estimate of drug-likeness (QED) is 0.524. The molecule has 27 heavy (non-hydrogen) atoms. The molecule has 1 saturated carbocycles. The lowest BCUT2D eigenvalue weighted by Gasteiger charge is -2.58. The molecule has 2 fully saturated rings. The Morgan fingerprint density at radius 1 is 1.11 bits per heavy atom. The molecule has 2 heteroatoms. The molecule has 1 heterocycles. The number of rotatable bonds is 7. The summed E-state index contributed by atoms with van der Waals surface area (Å²) in [6.45, 7) is 18.5. The zero-order valence-electron chi connectivity index (χ0n) is 19.1. The van der Waals surface area contributed by atoms with Gasteiger partial charge in [-0.25, -0.2) is 0 Å². The largest absolute Gasteiger partial charge is 0.393 e. The molecule has 2 rings (SSSR count). The van der Waals surface area contributed by atoms with Gasteiger partial charge in [-0.15, -0.1) is 0 Å².